The summed E-state index contributed by atoms with van der Waals surface area (Å²) < 4.78 is 0. The van der Waals surface area contributed by atoms with Crippen molar-refractivity contribution in [3.8, 4) is 0 Å². The summed E-state index contributed by atoms with van der Waals surface area (Å²) in [5.74, 6) is -0.116. The van der Waals surface area contributed by atoms with Gasteiger partial charge in [0.15, 0.2) is 0 Å². The molecule has 0 fully saturated rings. The number of likely N-dealkylation sites (N-methyl/N-ethyl adjacent to an activating group) is 1. The van der Waals surface area contributed by atoms with Crippen molar-refractivity contribution in [1.82, 2.24) is 9.88 Å². The minimum absolute atomic E-state index is 0.104. The van der Waals surface area contributed by atoms with Gasteiger partial charge in [0.2, 0.25) is 5.91 Å². The molecule has 0 spiro atoms. The lowest BCUT2D eigenvalue weighted by Crippen LogP contribution is -2.28. The Bertz CT molecular complexity index is 625. The molecule has 0 saturated carbocycles. The van der Waals surface area contributed by atoms with Gasteiger partial charge in [0.25, 0.3) is 0 Å². The molecule has 0 atom stereocenters. The van der Waals surface area contributed by atoms with Gasteiger partial charge in [-0.1, -0.05) is 60.7 Å². The molecule has 0 N–H and O–H groups in total. The Labute approximate surface area is 141 Å². The number of thiazole rings is 1. The molecule has 1 heterocycles. The van der Waals surface area contributed by atoms with Crippen molar-refractivity contribution in [2.75, 3.05) is 14.1 Å². The van der Waals surface area contributed by atoms with E-state index in [9.17, 15) is 4.79 Å². The first-order valence-electron chi connectivity index (χ1n) is 7.33. The molecule has 1 amide bonds. The first-order chi connectivity index (χ1) is 11.2. The first kappa shape index (κ1) is 16.9. The Morgan fingerprint density at radius 3 is 1.78 bits per heavy atom. The molecule has 1 aromatic heterocycles. The van der Waals surface area contributed by atoms with Crippen molar-refractivity contribution in [3.63, 3.8) is 0 Å². The summed E-state index contributed by atoms with van der Waals surface area (Å²) >= 11 is 1.60. The highest BCUT2D eigenvalue weighted by atomic mass is 32.1. The van der Waals surface area contributed by atoms with Crippen LogP contribution >= 0.6 is 11.3 Å². The molecule has 3 rings (SSSR count). The van der Waals surface area contributed by atoms with E-state index >= 15 is 0 Å². The van der Waals surface area contributed by atoms with E-state index in [0.717, 1.165) is 11.1 Å². The highest BCUT2D eigenvalue weighted by Crippen LogP contribution is 2.25. The maximum atomic E-state index is 12.4. The van der Waals surface area contributed by atoms with Crippen LogP contribution in [0.15, 0.2) is 77.8 Å². The number of benzene rings is 2. The van der Waals surface area contributed by atoms with Crippen LogP contribution in [0, 0.1) is 0 Å². The van der Waals surface area contributed by atoms with Crippen molar-refractivity contribution in [2.45, 2.75) is 5.92 Å². The fourth-order valence-electron chi connectivity index (χ4n) is 2.20. The highest BCUT2D eigenvalue weighted by molar-refractivity contribution is 7.07. The maximum absolute atomic E-state index is 12.4. The number of rotatable bonds is 3. The zero-order valence-corrected chi connectivity index (χ0v) is 14.1. The van der Waals surface area contributed by atoms with Crippen molar-refractivity contribution in [3.05, 3.63) is 88.9 Å². The van der Waals surface area contributed by atoms with Crippen LogP contribution in [0.4, 0.5) is 0 Å². The second-order valence-electron chi connectivity index (χ2n) is 5.16. The predicted molar refractivity (Wildman–Crippen MR) is 95.5 cm³/mol. The normalized spacial score (nSPS) is 9.87. The first-order valence-corrected chi connectivity index (χ1v) is 8.27. The number of hydrogen-bond donors (Lipinski definition) is 0. The zero-order valence-electron chi connectivity index (χ0n) is 13.3. The quantitative estimate of drug-likeness (QED) is 0.728. The molecule has 0 aliphatic carbocycles. The summed E-state index contributed by atoms with van der Waals surface area (Å²) in [5, 5.41) is 1.93. The minimum Gasteiger partial charge on any atom is -0.348 e. The van der Waals surface area contributed by atoms with Gasteiger partial charge in [-0.2, -0.15) is 0 Å². The van der Waals surface area contributed by atoms with E-state index in [2.05, 4.69) is 4.98 Å². The maximum Gasteiger partial charge on any atom is 0.234 e. The van der Waals surface area contributed by atoms with Crippen LogP contribution in [0.3, 0.4) is 0 Å². The number of aromatic nitrogens is 1. The average molecular weight is 324 g/mol. The Morgan fingerprint density at radius 2 is 1.48 bits per heavy atom. The lowest BCUT2D eigenvalue weighted by atomic mass is 9.90. The van der Waals surface area contributed by atoms with Crippen molar-refractivity contribution >= 4 is 17.2 Å². The summed E-state index contributed by atoms with van der Waals surface area (Å²) in [4.78, 5) is 17.8. The zero-order chi connectivity index (χ0) is 16.5. The summed E-state index contributed by atoms with van der Waals surface area (Å²) in [5.41, 5.74) is 3.85. The lowest BCUT2D eigenvalue weighted by Gasteiger charge is -2.21. The molecule has 118 valence electrons. The number of amides is 1. The summed E-state index contributed by atoms with van der Waals surface area (Å²) in [7, 11) is 3.59. The third kappa shape index (κ3) is 5.04. The van der Waals surface area contributed by atoms with E-state index in [4.69, 9.17) is 0 Å². The van der Waals surface area contributed by atoms with Crippen molar-refractivity contribution in [2.24, 2.45) is 0 Å². The SMILES string of the molecule is CN(C)C(=O)C(c1ccccc1)c1ccccc1.c1cscn1. The molecule has 23 heavy (non-hydrogen) atoms. The number of nitrogens with zero attached hydrogens (tertiary/aromatic N) is 2. The second kappa shape index (κ2) is 8.86. The van der Waals surface area contributed by atoms with E-state index < -0.39 is 0 Å². The third-order valence-corrected chi connectivity index (χ3v) is 3.82. The molecule has 4 heteroatoms. The standard InChI is InChI=1S/C16H17NO.C3H3NS/c1-17(2)16(18)15(13-9-5-3-6-10-13)14-11-7-4-8-12-14;1-2-5-3-4-1/h3-12,15H,1-2H3;1-3H. The van der Waals surface area contributed by atoms with Gasteiger partial charge in [-0.25, -0.2) is 0 Å². The van der Waals surface area contributed by atoms with Gasteiger partial charge in [-0.05, 0) is 11.1 Å². The Morgan fingerprint density at radius 1 is 0.957 bits per heavy atom. The van der Waals surface area contributed by atoms with Crippen LogP contribution in [0.25, 0.3) is 0 Å². The average Bonchev–Trinajstić information content (AvgIpc) is 3.17. The molecule has 0 aliphatic heterocycles. The van der Waals surface area contributed by atoms with E-state index in [-0.39, 0.29) is 11.8 Å². The molecule has 0 saturated heterocycles. The molecular formula is C19H20N2OS. The summed E-state index contributed by atoms with van der Waals surface area (Å²) in [6, 6.07) is 19.8. The number of carbonyl (C=O) groups is 1. The van der Waals surface area contributed by atoms with Crippen LogP contribution in [0.2, 0.25) is 0 Å². The van der Waals surface area contributed by atoms with Crippen LogP contribution < -0.4 is 0 Å². The summed E-state index contributed by atoms with van der Waals surface area (Å²) in [6.45, 7) is 0. The van der Waals surface area contributed by atoms with E-state index in [1.165, 1.54) is 0 Å². The van der Waals surface area contributed by atoms with Crippen LogP contribution in [0.1, 0.15) is 17.0 Å². The molecule has 3 aromatic rings. The van der Waals surface area contributed by atoms with Gasteiger partial charge < -0.3 is 4.90 Å². The number of hydrogen-bond acceptors (Lipinski definition) is 3. The van der Waals surface area contributed by atoms with Gasteiger partial charge in [0.05, 0.1) is 11.4 Å². The Hall–Kier alpha value is -2.46. The topological polar surface area (TPSA) is 33.2 Å². The molecule has 0 aliphatic rings. The Kier molecular flexibility index (Phi) is 6.51. The smallest absolute Gasteiger partial charge is 0.234 e. The second-order valence-corrected chi connectivity index (χ2v) is 5.92. The molecule has 2 aromatic carbocycles. The molecule has 0 radical (unpaired) electrons. The van der Waals surface area contributed by atoms with Gasteiger partial charge in [-0.15, -0.1) is 11.3 Å². The monoisotopic (exact) mass is 324 g/mol. The van der Waals surface area contributed by atoms with E-state index in [1.54, 1.807) is 42.0 Å². The predicted octanol–water partition coefficient (Wildman–Crippen LogP) is 4.05. The van der Waals surface area contributed by atoms with E-state index in [0.29, 0.717) is 0 Å². The molecule has 0 bridgehead atoms. The van der Waals surface area contributed by atoms with Gasteiger partial charge in [0, 0.05) is 25.7 Å². The van der Waals surface area contributed by atoms with Crippen LogP contribution in [0.5, 0.6) is 0 Å². The van der Waals surface area contributed by atoms with Gasteiger partial charge in [0.1, 0.15) is 0 Å². The van der Waals surface area contributed by atoms with Crippen LogP contribution in [-0.2, 0) is 4.79 Å². The van der Waals surface area contributed by atoms with E-state index in [1.807, 2.05) is 66.0 Å². The van der Waals surface area contributed by atoms with Gasteiger partial charge in [-0.3, -0.25) is 9.78 Å². The van der Waals surface area contributed by atoms with Gasteiger partial charge >= 0.3 is 0 Å². The largest absolute Gasteiger partial charge is 0.348 e. The van der Waals surface area contributed by atoms with Crippen LogP contribution in [-0.4, -0.2) is 29.9 Å². The highest BCUT2D eigenvalue weighted by Gasteiger charge is 2.23. The Balaban J connectivity index is 0.000000326. The summed E-state index contributed by atoms with van der Waals surface area (Å²) in [6.07, 6.45) is 1.77. The lowest BCUT2D eigenvalue weighted by molar-refractivity contribution is -0.129. The molecule has 0 unspecified atom stereocenters. The molecule has 3 nitrogen and oxygen atoms in total. The molecular weight excluding hydrogens is 304 g/mol. The minimum atomic E-state index is -0.220. The van der Waals surface area contributed by atoms with Crippen molar-refractivity contribution < 1.29 is 4.79 Å². The fourth-order valence-corrected chi connectivity index (χ4v) is 2.55. The number of carbonyl (C=O) groups excluding carboxylic acids is 1. The fraction of sp³-hybridized carbons (Fsp3) is 0.158. The van der Waals surface area contributed by atoms with Crippen molar-refractivity contribution in [1.29, 1.82) is 0 Å². The third-order valence-electron chi connectivity index (χ3n) is 3.30.